The second-order valence-corrected chi connectivity index (χ2v) is 8.84. The van der Waals surface area contributed by atoms with E-state index in [1.165, 1.54) is 5.56 Å². The van der Waals surface area contributed by atoms with Gasteiger partial charge in [-0.25, -0.2) is 4.98 Å². The normalized spacial score (nSPS) is 21.1. The first-order valence-electron chi connectivity index (χ1n) is 10.7. The minimum Gasteiger partial charge on any atom is -0.348 e. The average molecular weight is 405 g/mol. The molecule has 2 aliphatic rings. The minimum absolute atomic E-state index is 0.0246. The minimum atomic E-state index is -0.0246. The molecular formula is C23H28N6O. The van der Waals surface area contributed by atoms with Gasteiger partial charge in [0.15, 0.2) is 0 Å². The van der Waals surface area contributed by atoms with Gasteiger partial charge in [-0.15, -0.1) is 0 Å². The largest absolute Gasteiger partial charge is 0.348 e. The number of rotatable bonds is 4. The molecule has 5 rings (SSSR count). The summed E-state index contributed by atoms with van der Waals surface area (Å²) in [5, 5.41) is 7.49. The Labute approximate surface area is 176 Å². The molecular weight excluding hydrogens is 376 g/mol. The molecule has 0 radical (unpaired) electrons. The van der Waals surface area contributed by atoms with Gasteiger partial charge in [-0.3, -0.25) is 19.8 Å². The molecule has 156 valence electrons. The molecule has 3 heterocycles. The molecule has 1 unspecified atom stereocenters. The number of hydrogen-bond acceptors (Lipinski definition) is 5. The number of piperidine rings is 1. The van der Waals surface area contributed by atoms with Gasteiger partial charge in [0.1, 0.15) is 0 Å². The second kappa shape index (κ2) is 7.40. The lowest BCUT2D eigenvalue weighted by Crippen LogP contribution is -2.45. The van der Waals surface area contributed by atoms with Gasteiger partial charge in [0.25, 0.3) is 5.56 Å². The van der Waals surface area contributed by atoms with Gasteiger partial charge in [-0.2, -0.15) is 5.10 Å². The van der Waals surface area contributed by atoms with Crippen LogP contribution in [0.4, 0.5) is 5.95 Å². The third-order valence-electron chi connectivity index (χ3n) is 6.61. The summed E-state index contributed by atoms with van der Waals surface area (Å²) in [6.45, 7) is 2.84. The SMILES string of the molecule is CN(C)c1nc2c(c(=O)[nH]1)CCC21CCCN(Cc2cn[nH]c2-c2ccccc2)C1. The first-order valence-corrected chi connectivity index (χ1v) is 10.7. The number of nitrogens with one attached hydrogen (secondary N) is 2. The summed E-state index contributed by atoms with van der Waals surface area (Å²) < 4.78 is 0. The Bertz CT molecular complexity index is 1100. The second-order valence-electron chi connectivity index (χ2n) is 8.84. The van der Waals surface area contributed by atoms with Gasteiger partial charge >= 0.3 is 0 Å². The highest BCUT2D eigenvalue weighted by atomic mass is 16.1. The number of nitrogens with zero attached hydrogens (tertiary/aromatic N) is 4. The Morgan fingerprint density at radius 2 is 2.03 bits per heavy atom. The van der Waals surface area contributed by atoms with Crippen LogP contribution in [-0.2, 0) is 18.4 Å². The van der Waals surface area contributed by atoms with E-state index in [4.69, 9.17) is 4.98 Å². The molecule has 1 atom stereocenters. The van der Waals surface area contributed by atoms with Crippen molar-refractivity contribution in [1.82, 2.24) is 25.1 Å². The third kappa shape index (κ3) is 3.23. The maximum atomic E-state index is 12.7. The van der Waals surface area contributed by atoms with Crippen molar-refractivity contribution in [1.29, 1.82) is 0 Å². The van der Waals surface area contributed by atoms with Crippen LogP contribution in [0.5, 0.6) is 0 Å². The summed E-state index contributed by atoms with van der Waals surface area (Å²) in [6.07, 6.45) is 5.97. The van der Waals surface area contributed by atoms with E-state index >= 15 is 0 Å². The molecule has 1 aliphatic carbocycles. The molecule has 7 nitrogen and oxygen atoms in total. The highest BCUT2D eigenvalue weighted by Crippen LogP contribution is 2.43. The summed E-state index contributed by atoms with van der Waals surface area (Å²) in [6, 6.07) is 10.4. The van der Waals surface area contributed by atoms with E-state index in [1.54, 1.807) is 0 Å². The Morgan fingerprint density at radius 1 is 1.20 bits per heavy atom. The Hall–Kier alpha value is -2.93. The molecule has 1 spiro atoms. The van der Waals surface area contributed by atoms with Gasteiger partial charge in [0.05, 0.1) is 17.6 Å². The van der Waals surface area contributed by atoms with Crippen molar-refractivity contribution < 1.29 is 0 Å². The van der Waals surface area contributed by atoms with Crippen molar-refractivity contribution in [2.45, 2.75) is 37.6 Å². The monoisotopic (exact) mass is 404 g/mol. The fraction of sp³-hybridized carbons (Fsp3) is 0.435. The lowest BCUT2D eigenvalue weighted by atomic mass is 9.77. The predicted octanol–water partition coefficient (Wildman–Crippen LogP) is 2.71. The summed E-state index contributed by atoms with van der Waals surface area (Å²) in [4.78, 5) is 24.9. The van der Waals surface area contributed by atoms with Crippen molar-refractivity contribution in [2.24, 2.45) is 0 Å². The molecule has 0 saturated carbocycles. The molecule has 7 heteroatoms. The fourth-order valence-electron chi connectivity index (χ4n) is 5.14. The van der Waals surface area contributed by atoms with Crippen LogP contribution in [-0.4, -0.2) is 52.3 Å². The smallest absolute Gasteiger partial charge is 0.255 e. The average Bonchev–Trinajstić information content (AvgIpc) is 3.34. The molecule has 1 aliphatic heterocycles. The maximum Gasteiger partial charge on any atom is 0.255 e. The molecule has 2 N–H and O–H groups in total. The third-order valence-corrected chi connectivity index (χ3v) is 6.61. The molecule has 2 aromatic heterocycles. The van der Waals surface area contributed by atoms with Gasteiger partial charge in [0.2, 0.25) is 5.95 Å². The molecule has 3 aromatic rings. The summed E-state index contributed by atoms with van der Waals surface area (Å²) in [7, 11) is 3.84. The van der Waals surface area contributed by atoms with Crippen molar-refractivity contribution in [3.63, 3.8) is 0 Å². The quantitative estimate of drug-likeness (QED) is 0.699. The highest BCUT2D eigenvalue weighted by Gasteiger charge is 2.44. The van der Waals surface area contributed by atoms with Crippen molar-refractivity contribution in [3.8, 4) is 11.3 Å². The van der Waals surface area contributed by atoms with E-state index in [9.17, 15) is 4.79 Å². The summed E-state index contributed by atoms with van der Waals surface area (Å²) in [5.41, 5.74) is 5.37. The lowest BCUT2D eigenvalue weighted by molar-refractivity contribution is 0.137. The molecule has 0 bridgehead atoms. The number of anilines is 1. The zero-order valence-electron chi connectivity index (χ0n) is 17.6. The first kappa shape index (κ1) is 19.1. The molecule has 1 saturated heterocycles. The molecule has 0 amide bonds. The maximum absolute atomic E-state index is 12.7. The summed E-state index contributed by atoms with van der Waals surface area (Å²) in [5.74, 6) is 0.651. The van der Waals surface area contributed by atoms with E-state index in [1.807, 2.05) is 31.3 Å². The summed E-state index contributed by atoms with van der Waals surface area (Å²) >= 11 is 0. The van der Waals surface area contributed by atoms with E-state index in [0.29, 0.717) is 5.95 Å². The first-order chi connectivity index (χ1) is 14.6. The van der Waals surface area contributed by atoms with Gasteiger partial charge in [-0.1, -0.05) is 30.3 Å². The number of H-pyrrole nitrogens is 2. The van der Waals surface area contributed by atoms with E-state index in [-0.39, 0.29) is 11.0 Å². The standard InChI is InChI=1S/C23H28N6O/c1-28(2)22-25-20-18(21(30)26-22)9-11-23(20)10-6-12-29(15-23)14-17-13-24-27-19(17)16-7-4-3-5-8-16/h3-5,7-8,13H,6,9-12,14-15H2,1-2H3,(H,24,27)(H,25,26,30). The number of aromatic amines is 2. The van der Waals surface area contributed by atoms with E-state index in [2.05, 4.69) is 44.3 Å². The van der Waals surface area contributed by atoms with Crippen LogP contribution < -0.4 is 10.5 Å². The van der Waals surface area contributed by atoms with Crippen LogP contribution in [0.1, 0.15) is 36.1 Å². The van der Waals surface area contributed by atoms with Crippen molar-refractivity contribution >= 4 is 5.95 Å². The molecule has 1 fully saturated rings. The fourth-order valence-corrected chi connectivity index (χ4v) is 5.14. The molecule has 30 heavy (non-hydrogen) atoms. The van der Waals surface area contributed by atoms with Gasteiger partial charge in [0, 0.05) is 43.7 Å². The van der Waals surface area contributed by atoms with Crippen LogP contribution in [0.25, 0.3) is 11.3 Å². The zero-order chi connectivity index (χ0) is 20.7. The van der Waals surface area contributed by atoms with Gasteiger partial charge < -0.3 is 4.90 Å². The van der Waals surface area contributed by atoms with E-state index in [0.717, 1.165) is 67.8 Å². The van der Waals surface area contributed by atoms with E-state index < -0.39 is 0 Å². The number of likely N-dealkylation sites (tertiary alicyclic amines) is 1. The Morgan fingerprint density at radius 3 is 2.83 bits per heavy atom. The number of fused-ring (bicyclic) bond motifs is 2. The Balaban J connectivity index is 1.43. The number of hydrogen-bond donors (Lipinski definition) is 2. The van der Waals surface area contributed by atoms with Gasteiger partial charge in [-0.05, 0) is 37.8 Å². The van der Waals surface area contributed by atoms with Crippen LogP contribution in [0.2, 0.25) is 0 Å². The molecule has 1 aromatic carbocycles. The van der Waals surface area contributed by atoms with Crippen LogP contribution in [0.3, 0.4) is 0 Å². The lowest BCUT2D eigenvalue weighted by Gasteiger charge is -2.40. The topological polar surface area (TPSA) is 80.9 Å². The number of benzene rings is 1. The predicted molar refractivity (Wildman–Crippen MR) is 118 cm³/mol. The highest BCUT2D eigenvalue weighted by molar-refractivity contribution is 5.62. The number of aromatic nitrogens is 4. The van der Waals surface area contributed by atoms with Crippen molar-refractivity contribution in [2.75, 3.05) is 32.1 Å². The van der Waals surface area contributed by atoms with Crippen LogP contribution in [0.15, 0.2) is 41.3 Å². The van der Waals surface area contributed by atoms with Crippen LogP contribution in [0, 0.1) is 0 Å². The van der Waals surface area contributed by atoms with Crippen molar-refractivity contribution in [3.05, 3.63) is 63.7 Å². The Kier molecular flexibility index (Phi) is 4.70. The zero-order valence-corrected chi connectivity index (χ0v) is 17.6. The van der Waals surface area contributed by atoms with Crippen LogP contribution >= 0.6 is 0 Å².